The first-order valence-electron chi connectivity index (χ1n) is 7.75. The van der Waals surface area contributed by atoms with Crippen LogP contribution in [0.4, 0.5) is 5.69 Å². The first-order valence-corrected chi connectivity index (χ1v) is 9.15. The Kier molecular flexibility index (Phi) is 4.86. The van der Waals surface area contributed by atoms with E-state index in [4.69, 9.17) is 0 Å². The van der Waals surface area contributed by atoms with Crippen LogP contribution in [-0.2, 0) is 13.0 Å². The number of rotatable bonds is 7. The van der Waals surface area contributed by atoms with Crippen molar-refractivity contribution in [3.8, 4) is 11.3 Å². The van der Waals surface area contributed by atoms with Crippen molar-refractivity contribution in [2.45, 2.75) is 32.2 Å². The normalized spacial score (nSPS) is 13.2. The second-order valence-corrected chi connectivity index (χ2v) is 6.53. The van der Waals surface area contributed by atoms with E-state index in [1.165, 1.54) is 47.5 Å². The quantitative estimate of drug-likeness (QED) is 0.782. The highest BCUT2D eigenvalue weighted by atomic mass is 32.2. The molecule has 0 saturated carbocycles. The van der Waals surface area contributed by atoms with Crippen LogP contribution in [0.3, 0.4) is 0 Å². The summed E-state index contributed by atoms with van der Waals surface area (Å²) < 4.78 is 2.30. The van der Waals surface area contributed by atoms with Crippen LogP contribution in [0.5, 0.6) is 0 Å². The number of fused-ring (bicyclic) bond motifs is 1. The lowest BCUT2D eigenvalue weighted by atomic mass is 10.1. The molecule has 0 amide bonds. The van der Waals surface area contributed by atoms with Crippen LogP contribution in [0.25, 0.3) is 11.3 Å². The Labute approximate surface area is 131 Å². The third kappa shape index (κ3) is 3.26. The number of unbranched alkanes of at least 4 members (excludes halogenated alkanes) is 2. The minimum atomic E-state index is 1.05. The molecule has 1 N–H and O–H groups in total. The molecular weight excluding hydrogens is 278 g/mol. The zero-order chi connectivity index (χ0) is 14.5. The first-order chi connectivity index (χ1) is 10.4. The number of nitrogens with zero attached hydrogens (tertiary/aromatic N) is 2. The summed E-state index contributed by atoms with van der Waals surface area (Å²) in [6, 6.07) is 6.59. The fourth-order valence-corrected chi connectivity index (χ4v) is 3.47. The molecule has 0 aliphatic carbocycles. The number of anilines is 1. The van der Waals surface area contributed by atoms with Gasteiger partial charge in [-0.05, 0) is 36.8 Å². The minimum absolute atomic E-state index is 1.05. The number of nitrogens with one attached hydrogen (secondary N) is 1. The molecule has 0 radical (unpaired) electrons. The Balaban J connectivity index is 1.72. The highest BCUT2D eigenvalue weighted by Gasteiger charge is 2.16. The van der Waals surface area contributed by atoms with E-state index in [2.05, 4.69) is 39.3 Å². The van der Waals surface area contributed by atoms with Gasteiger partial charge >= 0.3 is 0 Å². The molecule has 3 nitrogen and oxygen atoms in total. The monoisotopic (exact) mass is 301 g/mol. The molecule has 1 aliphatic rings. The van der Waals surface area contributed by atoms with Crippen LogP contribution >= 0.6 is 11.8 Å². The van der Waals surface area contributed by atoms with Crippen molar-refractivity contribution < 1.29 is 0 Å². The van der Waals surface area contributed by atoms with Gasteiger partial charge in [-0.3, -0.25) is 0 Å². The van der Waals surface area contributed by atoms with Crippen molar-refractivity contribution in [2.75, 3.05) is 23.9 Å². The van der Waals surface area contributed by atoms with Crippen molar-refractivity contribution in [1.29, 1.82) is 0 Å². The largest absolute Gasteiger partial charge is 0.384 e. The van der Waals surface area contributed by atoms with Gasteiger partial charge in [0.2, 0.25) is 0 Å². The fraction of sp³-hybridized carbons (Fsp3) is 0.471. The van der Waals surface area contributed by atoms with Crippen molar-refractivity contribution in [2.24, 2.45) is 0 Å². The number of para-hydroxylation sites is 1. The van der Waals surface area contributed by atoms with Crippen LogP contribution in [0.1, 0.15) is 24.8 Å². The van der Waals surface area contributed by atoms with Crippen molar-refractivity contribution in [3.63, 3.8) is 0 Å². The van der Waals surface area contributed by atoms with Crippen LogP contribution in [0, 0.1) is 0 Å². The van der Waals surface area contributed by atoms with E-state index >= 15 is 0 Å². The second kappa shape index (κ2) is 7.03. The van der Waals surface area contributed by atoms with E-state index < -0.39 is 0 Å². The standard InChI is InChI=1S/C17H23N3S/c1-21-11-4-2-3-10-20-13-18-12-16(20)15-7-5-6-14-8-9-19-17(14)15/h5-7,12-13,19H,2-4,8-11H2,1H3. The number of imidazole rings is 1. The molecule has 0 bridgehead atoms. The smallest absolute Gasteiger partial charge is 0.0950 e. The molecule has 4 heteroatoms. The predicted octanol–water partition coefficient (Wildman–Crippen LogP) is 4.05. The molecule has 2 heterocycles. The topological polar surface area (TPSA) is 29.9 Å². The van der Waals surface area contributed by atoms with Crippen LogP contribution in [0.15, 0.2) is 30.7 Å². The summed E-state index contributed by atoms with van der Waals surface area (Å²) in [6.45, 7) is 2.11. The lowest BCUT2D eigenvalue weighted by Gasteiger charge is -2.12. The molecule has 1 aliphatic heterocycles. The van der Waals surface area contributed by atoms with Gasteiger partial charge in [-0.2, -0.15) is 11.8 Å². The molecule has 2 aromatic rings. The molecule has 0 atom stereocenters. The van der Waals surface area contributed by atoms with Crippen molar-refractivity contribution >= 4 is 17.4 Å². The molecular formula is C17H23N3S. The molecule has 21 heavy (non-hydrogen) atoms. The average molecular weight is 301 g/mol. The summed E-state index contributed by atoms with van der Waals surface area (Å²) in [6.07, 6.45) is 11.1. The van der Waals surface area contributed by atoms with Gasteiger partial charge in [0.15, 0.2) is 0 Å². The highest BCUT2D eigenvalue weighted by Crippen LogP contribution is 2.34. The Morgan fingerprint density at radius 2 is 2.24 bits per heavy atom. The summed E-state index contributed by atoms with van der Waals surface area (Å²) in [7, 11) is 0. The van der Waals surface area contributed by atoms with E-state index in [1.54, 1.807) is 0 Å². The van der Waals surface area contributed by atoms with Gasteiger partial charge in [0.05, 0.1) is 18.2 Å². The van der Waals surface area contributed by atoms with Crippen molar-refractivity contribution in [3.05, 3.63) is 36.3 Å². The van der Waals surface area contributed by atoms with Gasteiger partial charge in [-0.25, -0.2) is 4.98 Å². The molecule has 0 fully saturated rings. The summed E-state index contributed by atoms with van der Waals surface area (Å²) in [4.78, 5) is 4.37. The molecule has 0 saturated heterocycles. The second-order valence-electron chi connectivity index (χ2n) is 5.54. The van der Waals surface area contributed by atoms with E-state index in [9.17, 15) is 0 Å². The summed E-state index contributed by atoms with van der Waals surface area (Å²) in [5.41, 5.74) is 5.28. The van der Waals surface area contributed by atoms with Gasteiger partial charge in [0.1, 0.15) is 0 Å². The van der Waals surface area contributed by atoms with Gasteiger partial charge in [-0.1, -0.05) is 24.6 Å². The van der Waals surface area contributed by atoms with E-state index in [1.807, 2.05) is 24.3 Å². The Bertz CT molecular complexity index is 591. The molecule has 3 rings (SSSR count). The predicted molar refractivity (Wildman–Crippen MR) is 92.1 cm³/mol. The first kappa shape index (κ1) is 14.5. The molecule has 0 spiro atoms. The Hall–Kier alpha value is -1.42. The van der Waals surface area contributed by atoms with E-state index in [0.29, 0.717) is 0 Å². The number of hydrogen-bond acceptors (Lipinski definition) is 3. The number of benzene rings is 1. The highest BCUT2D eigenvalue weighted by molar-refractivity contribution is 7.98. The number of aryl methyl sites for hydroxylation is 1. The third-order valence-corrected chi connectivity index (χ3v) is 4.78. The van der Waals surface area contributed by atoms with Gasteiger partial charge in [0, 0.05) is 24.3 Å². The number of hydrogen-bond donors (Lipinski definition) is 1. The lowest BCUT2D eigenvalue weighted by molar-refractivity contribution is 0.608. The van der Waals surface area contributed by atoms with E-state index in [0.717, 1.165) is 19.5 Å². The summed E-state index contributed by atoms with van der Waals surface area (Å²) in [5.74, 6) is 1.27. The van der Waals surface area contributed by atoms with Gasteiger partial charge < -0.3 is 9.88 Å². The van der Waals surface area contributed by atoms with Gasteiger partial charge in [-0.15, -0.1) is 0 Å². The van der Waals surface area contributed by atoms with Crippen LogP contribution in [0.2, 0.25) is 0 Å². The minimum Gasteiger partial charge on any atom is -0.384 e. The Morgan fingerprint density at radius 3 is 3.14 bits per heavy atom. The zero-order valence-corrected chi connectivity index (χ0v) is 13.5. The zero-order valence-electron chi connectivity index (χ0n) is 12.6. The van der Waals surface area contributed by atoms with Crippen LogP contribution in [-0.4, -0.2) is 28.1 Å². The summed E-state index contributed by atoms with van der Waals surface area (Å²) >= 11 is 1.94. The molecule has 1 aromatic heterocycles. The third-order valence-electron chi connectivity index (χ3n) is 4.08. The maximum Gasteiger partial charge on any atom is 0.0950 e. The average Bonchev–Trinajstić information content (AvgIpc) is 3.15. The van der Waals surface area contributed by atoms with E-state index in [-0.39, 0.29) is 0 Å². The summed E-state index contributed by atoms with van der Waals surface area (Å²) in [5, 5.41) is 3.52. The van der Waals surface area contributed by atoms with Crippen molar-refractivity contribution in [1.82, 2.24) is 9.55 Å². The fourth-order valence-electron chi connectivity index (χ4n) is 2.98. The number of thioether (sulfide) groups is 1. The molecule has 0 unspecified atom stereocenters. The molecule has 112 valence electrons. The number of aromatic nitrogens is 2. The molecule has 1 aromatic carbocycles. The maximum atomic E-state index is 4.37. The Morgan fingerprint density at radius 1 is 1.29 bits per heavy atom. The SMILES string of the molecule is CSCCCCCn1cncc1-c1cccc2c1NCC2. The van der Waals surface area contributed by atoms with Gasteiger partial charge in [0.25, 0.3) is 0 Å². The maximum absolute atomic E-state index is 4.37. The van der Waals surface area contributed by atoms with Crippen LogP contribution < -0.4 is 5.32 Å². The lowest BCUT2D eigenvalue weighted by Crippen LogP contribution is -2.01.